The van der Waals surface area contributed by atoms with Crippen molar-refractivity contribution < 1.29 is 9.53 Å². The second kappa shape index (κ2) is 10.4. The van der Waals surface area contributed by atoms with Gasteiger partial charge in [-0.05, 0) is 43.2 Å². The average molecular weight is 485 g/mol. The minimum Gasteiger partial charge on any atom is -0.497 e. The zero-order valence-corrected chi connectivity index (χ0v) is 21.1. The van der Waals surface area contributed by atoms with E-state index >= 15 is 0 Å². The number of hydrogen-bond donors (Lipinski definition) is 0. The summed E-state index contributed by atoms with van der Waals surface area (Å²) in [4.78, 5) is 27.1. The van der Waals surface area contributed by atoms with Gasteiger partial charge in [0.25, 0.3) is 0 Å². The Morgan fingerprint density at radius 2 is 1.69 bits per heavy atom. The van der Waals surface area contributed by atoms with Gasteiger partial charge in [-0.25, -0.2) is 14.6 Å². The fourth-order valence-electron chi connectivity index (χ4n) is 4.72. The first kappa shape index (κ1) is 23.8. The summed E-state index contributed by atoms with van der Waals surface area (Å²) in [5, 5.41) is 5.82. The molecule has 0 atom stereocenters. The number of para-hydroxylation sites is 1. The van der Waals surface area contributed by atoms with Gasteiger partial charge in [-0.3, -0.25) is 4.79 Å². The molecule has 2 aromatic heterocycles. The molecule has 186 valence electrons. The van der Waals surface area contributed by atoms with Crippen LogP contribution in [0.3, 0.4) is 0 Å². The zero-order chi connectivity index (χ0) is 25.1. The number of aromatic nitrogens is 4. The second-order valence-electron chi connectivity index (χ2n) is 9.14. The molecule has 0 unspecified atom stereocenters. The molecule has 8 nitrogen and oxygen atoms in total. The Kier molecular flexibility index (Phi) is 6.84. The fourth-order valence-corrected chi connectivity index (χ4v) is 4.72. The maximum atomic E-state index is 13.0. The third kappa shape index (κ3) is 4.76. The predicted octanol–water partition coefficient (Wildman–Crippen LogP) is 3.98. The highest BCUT2D eigenvalue weighted by Crippen LogP contribution is 2.30. The number of carbonyl (C=O) groups is 1. The molecule has 36 heavy (non-hydrogen) atoms. The van der Waals surface area contributed by atoms with Crippen LogP contribution in [0.25, 0.3) is 16.7 Å². The van der Waals surface area contributed by atoms with E-state index in [2.05, 4.69) is 11.8 Å². The van der Waals surface area contributed by atoms with Crippen LogP contribution in [0.1, 0.15) is 30.4 Å². The molecule has 1 fully saturated rings. The maximum Gasteiger partial charge on any atom is 0.227 e. The quantitative estimate of drug-likeness (QED) is 0.395. The molecule has 2 aromatic carbocycles. The summed E-state index contributed by atoms with van der Waals surface area (Å²) in [7, 11) is 1.64. The van der Waals surface area contributed by atoms with E-state index in [9.17, 15) is 4.79 Å². The molecule has 0 N–H and O–H groups in total. The number of piperazine rings is 1. The standard InChI is InChI=1S/C28H32N6O2/c1-4-8-24-29-27(26-20(2)31-34(28(26)30-24)22-9-6-5-7-10-22)33-17-15-32(16-18-33)25(35)19-21-11-13-23(36-3)14-12-21/h5-7,9-14H,4,8,15-19H2,1-3H3. The summed E-state index contributed by atoms with van der Waals surface area (Å²) < 4.78 is 7.14. The van der Waals surface area contributed by atoms with E-state index < -0.39 is 0 Å². The Morgan fingerprint density at radius 1 is 0.972 bits per heavy atom. The highest BCUT2D eigenvalue weighted by atomic mass is 16.5. The number of benzene rings is 2. The summed E-state index contributed by atoms with van der Waals surface area (Å²) in [6.07, 6.45) is 2.17. The number of methoxy groups -OCH3 is 1. The number of ether oxygens (including phenoxy) is 1. The van der Waals surface area contributed by atoms with Gasteiger partial charge in [-0.15, -0.1) is 0 Å². The van der Waals surface area contributed by atoms with E-state index in [0.717, 1.165) is 71.3 Å². The lowest BCUT2D eigenvalue weighted by molar-refractivity contribution is -0.130. The summed E-state index contributed by atoms with van der Waals surface area (Å²) >= 11 is 0. The van der Waals surface area contributed by atoms with Gasteiger partial charge in [0.1, 0.15) is 17.4 Å². The third-order valence-electron chi connectivity index (χ3n) is 6.65. The normalized spacial score (nSPS) is 13.9. The van der Waals surface area contributed by atoms with Gasteiger partial charge in [0, 0.05) is 32.6 Å². The van der Waals surface area contributed by atoms with Crippen LogP contribution >= 0.6 is 0 Å². The number of anilines is 1. The van der Waals surface area contributed by atoms with Crippen LogP contribution < -0.4 is 9.64 Å². The van der Waals surface area contributed by atoms with Crippen molar-refractivity contribution in [1.82, 2.24) is 24.6 Å². The zero-order valence-electron chi connectivity index (χ0n) is 21.1. The Bertz CT molecular complexity index is 1340. The highest BCUT2D eigenvalue weighted by Gasteiger charge is 2.26. The minimum absolute atomic E-state index is 0.146. The Labute approximate surface area is 211 Å². The first-order chi connectivity index (χ1) is 17.6. The number of hydrogen-bond acceptors (Lipinski definition) is 6. The Hall–Kier alpha value is -3.94. The number of fused-ring (bicyclic) bond motifs is 1. The van der Waals surface area contributed by atoms with Crippen molar-refractivity contribution >= 4 is 22.8 Å². The molecule has 4 aromatic rings. The van der Waals surface area contributed by atoms with E-state index in [1.165, 1.54) is 0 Å². The molecule has 1 aliphatic heterocycles. The van der Waals surface area contributed by atoms with Gasteiger partial charge >= 0.3 is 0 Å². The molecule has 0 spiro atoms. The van der Waals surface area contributed by atoms with Gasteiger partial charge in [0.2, 0.25) is 5.91 Å². The van der Waals surface area contributed by atoms with Crippen LogP contribution in [0.2, 0.25) is 0 Å². The summed E-state index contributed by atoms with van der Waals surface area (Å²) in [6.45, 7) is 6.93. The van der Waals surface area contributed by atoms with E-state index in [0.29, 0.717) is 19.5 Å². The van der Waals surface area contributed by atoms with Crippen LogP contribution in [0.5, 0.6) is 5.75 Å². The molecule has 5 rings (SSSR count). The van der Waals surface area contributed by atoms with Gasteiger partial charge < -0.3 is 14.5 Å². The lowest BCUT2D eigenvalue weighted by atomic mass is 10.1. The second-order valence-corrected chi connectivity index (χ2v) is 9.14. The van der Waals surface area contributed by atoms with Crippen LogP contribution in [0.15, 0.2) is 54.6 Å². The number of rotatable bonds is 7. The minimum atomic E-state index is 0.146. The monoisotopic (exact) mass is 484 g/mol. The largest absolute Gasteiger partial charge is 0.497 e. The smallest absolute Gasteiger partial charge is 0.227 e. The Morgan fingerprint density at radius 3 is 2.36 bits per heavy atom. The van der Waals surface area contributed by atoms with E-state index in [1.807, 2.05) is 71.1 Å². The van der Waals surface area contributed by atoms with Gasteiger partial charge in [0.15, 0.2) is 5.65 Å². The van der Waals surface area contributed by atoms with Gasteiger partial charge in [0.05, 0.1) is 30.3 Å². The van der Waals surface area contributed by atoms with Crippen molar-refractivity contribution in [2.24, 2.45) is 0 Å². The van der Waals surface area contributed by atoms with Gasteiger partial charge in [-0.1, -0.05) is 37.3 Å². The molecule has 1 aliphatic rings. The molecular weight excluding hydrogens is 452 g/mol. The summed E-state index contributed by atoms with van der Waals surface area (Å²) in [6, 6.07) is 17.8. The van der Waals surface area contributed by atoms with Crippen molar-refractivity contribution in [3.05, 3.63) is 71.7 Å². The van der Waals surface area contributed by atoms with E-state index in [1.54, 1.807) is 7.11 Å². The van der Waals surface area contributed by atoms with Crippen molar-refractivity contribution in [2.75, 3.05) is 38.2 Å². The molecule has 0 aliphatic carbocycles. The number of aryl methyl sites for hydroxylation is 2. The first-order valence-corrected chi connectivity index (χ1v) is 12.5. The fraction of sp³-hybridized carbons (Fsp3) is 0.357. The number of carbonyl (C=O) groups excluding carboxylic acids is 1. The van der Waals surface area contributed by atoms with E-state index in [4.69, 9.17) is 19.8 Å². The third-order valence-corrected chi connectivity index (χ3v) is 6.65. The van der Waals surface area contributed by atoms with Crippen molar-refractivity contribution in [3.8, 4) is 11.4 Å². The molecule has 0 radical (unpaired) electrons. The summed E-state index contributed by atoms with van der Waals surface area (Å²) in [5.41, 5.74) is 3.72. The molecule has 1 saturated heterocycles. The molecule has 8 heteroatoms. The molecular formula is C28H32N6O2. The van der Waals surface area contributed by atoms with Crippen molar-refractivity contribution in [1.29, 1.82) is 0 Å². The first-order valence-electron chi connectivity index (χ1n) is 12.5. The number of nitrogens with zero attached hydrogens (tertiary/aromatic N) is 6. The SMILES string of the molecule is CCCc1nc(N2CCN(C(=O)Cc3ccc(OC)cc3)CC2)c2c(C)nn(-c3ccccc3)c2n1. The maximum absolute atomic E-state index is 13.0. The molecule has 0 saturated carbocycles. The lowest BCUT2D eigenvalue weighted by Crippen LogP contribution is -2.49. The molecule has 0 bridgehead atoms. The average Bonchev–Trinajstić information content (AvgIpc) is 3.25. The van der Waals surface area contributed by atoms with E-state index in [-0.39, 0.29) is 5.91 Å². The summed E-state index contributed by atoms with van der Waals surface area (Å²) in [5.74, 6) is 2.69. The number of amides is 1. The van der Waals surface area contributed by atoms with Crippen LogP contribution in [0, 0.1) is 6.92 Å². The lowest BCUT2D eigenvalue weighted by Gasteiger charge is -2.36. The molecule has 1 amide bonds. The topological polar surface area (TPSA) is 76.4 Å². The van der Waals surface area contributed by atoms with Crippen molar-refractivity contribution in [2.45, 2.75) is 33.1 Å². The molecule has 3 heterocycles. The predicted molar refractivity (Wildman–Crippen MR) is 141 cm³/mol. The van der Waals surface area contributed by atoms with Crippen molar-refractivity contribution in [3.63, 3.8) is 0 Å². The van der Waals surface area contributed by atoms with Crippen LogP contribution in [-0.2, 0) is 17.6 Å². The van der Waals surface area contributed by atoms with Crippen LogP contribution in [0.4, 0.5) is 5.82 Å². The van der Waals surface area contributed by atoms with Crippen LogP contribution in [-0.4, -0.2) is 63.8 Å². The highest BCUT2D eigenvalue weighted by molar-refractivity contribution is 5.91. The van der Waals surface area contributed by atoms with Gasteiger partial charge in [-0.2, -0.15) is 5.10 Å². The Balaban J connectivity index is 1.38.